The first-order valence-corrected chi connectivity index (χ1v) is 7.01. The summed E-state index contributed by atoms with van der Waals surface area (Å²) in [5.74, 6) is -0.427. The summed E-state index contributed by atoms with van der Waals surface area (Å²) >= 11 is 0. The van der Waals surface area contributed by atoms with Crippen molar-refractivity contribution in [2.75, 3.05) is 0 Å². The monoisotopic (exact) mass is 294 g/mol. The summed E-state index contributed by atoms with van der Waals surface area (Å²) in [5.41, 5.74) is 1.96. The van der Waals surface area contributed by atoms with Crippen LogP contribution in [0.25, 0.3) is 0 Å². The molecule has 1 aromatic carbocycles. The largest absolute Gasteiger partial charge is 0.302 e. The van der Waals surface area contributed by atoms with Crippen molar-refractivity contribution >= 4 is 0 Å². The fourth-order valence-corrected chi connectivity index (χ4v) is 2.45. The van der Waals surface area contributed by atoms with Crippen LogP contribution in [-0.2, 0) is 0 Å². The third-order valence-corrected chi connectivity index (χ3v) is 3.57. The Hall–Kier alpha value is -2.75. The molecular formula is C18H15FN2O. The molecule has 2 aromatic heterocycles. The molecule has 0 saturated carbocycles. The first kappa shape index (κ1) is 14.2. The average molecular weight is 294 g/mol. The van der Waals surface area contributed by atoms with E-state index in [1.54, 1.807) is 24.4 Å². The van der Waals surface area contributed by atoms with E-state index in [-0.39, 0.29) is 11.3 Å². The van der Waals surface area contributed by atoms with E-state index in [1.165, 1.54) is 22.9 Å². The highest BCUT2D eigenvalue weighted by Crippen LogP contribution is 2.26. The Balaban J connectivity index is 2.23. The molecule has 0 spiro atoms. The number of halogens is 1. The van der Waals surface area contributed by atoms with E-state index < -0.39 is 11.9 Å². The third kappa shape index (κ3) is 2.68. The summed E-state index contributed by atoms with van der Waals surface area (Å²) in [4.78, 5) is 16.4. The van der Waals surface area contributed by atoms with Gasteiger partial charge in [0.05, 0.1) is 0 Å². The third-order valence-electron chi connectivity index (χ3n) is 3.57. The summed E-state index contributed by atoms with van der Waals surface area (Å²) in [7, 11) is 0. The lowest BCUT2D eigenvalue weighted by Gasteiger charge is -2.20. The molecule has 3 aromatic rings. The van der Waals surface area contributed by atoms with Crippen LogP contribution in [0.15, 0.2) is 71.8 Å². The second-order valence-electron chi connectivity index (χ2n) is 5.13. The minimum Gasteiger partial charge on any atom is -0.302 e. The number of pyridine rings is 2. The fraction of sp³-hybridized carbons (Fsp3) is 0.111. The maximum atomic E-state index is 14.2. The van der Waals surface area contributed by atoms with Crippen molar-refractivity contribution < 1.29 is 4.39 Å². The molecule has 3 nitrogen and oxygen atoms in total. The number of aromatic nitrogens is 2. The van der Waals surface area contributed by atoms with Gasteiger partial charge in [0.1, 0.15) is 17.6 Å². The Bertz CT molecular complexity index is 840. The van der Waals surface area contributed by atoms with Crippen LogP contribution in [0, 0.1) is 12.7 Å². The predicted octanol–water partition coefficient (Wildman–Crippen LogP) is 3.33. The van der Waals surface area contributed by atoms with Crippen LogP contribution >= 0.6 is 0 Å². The molecule has 0 fully saturated rings. The van der Waals surface area contributed by atoms with Crippen LogP contribution in [0.3, 0.4) is 0 Å². The van der Waals surface area contributed by atoms with Crippen LogP contribution in [-0.4, -0.2) is 9.55 Å². The fourth-order valence-electron chi connectivity index (χ4n) is 2.45. The Labute approximate surface area is 127 Å². The number of nitrogens with zero attached hydrogens (tertiary/aromatic N) is 2. The number of benzene rings is 1. The lowest BCUT2D eigenvalue weighted by atomic mass is 10.0. The molecule has 110 valence electrons. The Kier molecular flexibility index (Phi) is 3.83. The molecule has 0 N–H and O–H groups in total. The summed E-state index contributed by atoms with van der Waals surface area (Å²) in [6.45, 7) is 1.98. The van der Waals surface area contributed by atoms with E-state index >= 15 is 0 Å². The van der Waals surface area contributed by atoms with Gasteiger partial charge in [-0.2, -0.15) is 0 Å². The quantitative estimate of drug-likeness (QED) is 0.742. The predicted molar refractivity (Wildman–Crippen MR) is 83.3 cm³/mol. The van der Waals surface area contributed by atoms with Gasteiger partial charge in [-0.25, -0.2) is 4.39 Å². The van der Waals surface area contributed by atoms with E-state index in [9.17, 15) is 9.18 Å². The molecule has 4 heteroatoms. The van der Waals surface area contributed by atoms with Gasteiger partial charge < -0.3 is 4.57 Å². The number of hydrogen-bond donors (Lipinski definition) is 0. The lowest BCUT2D eigenvalue weighted by Crippen LogP contribution is -2.26. The second kappa shape index (κ2) is 5.93. The van der Waals surface area contributed by atoms with Crippen molar-refractivity contribution in [3.05, 3.63) is 100.0 Å². The molecule has 2 heterocycles. The van der Waals surface area contributed by atoms with Crippen molar-refractivity contribution in [3.8, 4) is 0 Å². The first-order valence-electron chi connectivity index (χ1n) is 7.01. The SMILES string of the molecule is Cc1ccc([C@@H](c2ncccc2F)n2ccccc2=O)cc1. The molecule has 22 heavy (non-hydrogen) atoms. The summed E-state index contributed by atoms with van der Waals surface area (Å²) in [6.07, 6.45) is 3.19. The standard InChI is InChI=1S/C18H15FN2O/c1-13-7-9-14(10-8-13)18(17-15(19)5-4-11-20-17)21-12-3-2-6-16(21)22/h2-12,18H,1H3/t18-/m0/s1. The molecule has 1 atom stereocenters. The summed E-state index contributed by atoms with van der Waals surface area (Å²) < 4.78 is 15.7. The highest BCUT2D eigenvalue weighted by atomic mass is 19.1. The Morgan fingerprint density at radius 1 is 1.05 bits per heavy atom. The van der Waals surface area contributed by atoms with Gasteiger partial charge in [-0.15, -0.1) is 0 Å². The van der Waals surface area contributed by atoms with Crippen LogP contribution in [0.1, 0.15) is 22.9 Å². The lowest BCUT2D eigenvalue weighted by molar-refractivity contribution is 0.548. The van der Waals surface area contributed by atoms with Gasteiger partial charge in [0, 0.05) is 18.5 Å². The zero-order valence-corrected chi connectivity index (χ0v) is 12.1. The minimum absolute atomic E-state index is 0.196. The maximum absolute atomic E-state index is 14.2. The smallest absolute Gasteiger partial charge is 0.251 e. The number of rotatable bonds is 3. The van der Waals surface area contributed by atoms with Gasteiger partial charge in [0.15, 0.2) is 0 Å². The number of hydrogen-bond acceptors (Lipinski definition) is 2. The first-order chi connectivity index (χ1) is 10.7. The van der Waals surface area contributed by atoms with Crippen LogP contribution < -0.4 is 5.56 Å². The summed E-state index contributed by atoms with van der Waals surface area (Å²) in [6, 6.07) is 14.9. The molecule has 0 amide bonds. The number of aryl methyl sites for hydroxylation is 1. The van der Waals surface area contributed by atoms with Crippen molar-refractivity contribution in [1.29, 1.82) is 0 Å². The van der Waals surface area contributed by atoms with E-state index in [0.717, 1.165) is 11.1 Å². The van der Waals surface area contributed by atoms with Crippen molar-refractivity contribution in [2.24, 2.45) is 0 Å². The average Bonchev–Trinajstić information content (AvgIpc) is 2.53. The molecule has 0 radical (unpaired) electrons. The molecule has 0 aliphatic rings. The van der Waals surface area contributed by atoms with Gasteiger partial charge in [-0.05, 0) is 30.7 Å². The molecule has 3 rings (SSSR count). The summed E-state index contributed by atoms with van der Waals surface area (Å²) in [5, 5.41) is 0. The van der Waals surface area contributed by atoms with Crippen molar-refractivity contribution in [3.63, 3.8) is 0 Å². The van der Waals surface area contributed by atoms with Crippen LogP contribution in [0.2, 0.25) is 0 Å². The molecule has 0 unspecified atom stereocenters. The Morgan fingerprint density at radius 2 is 1.82 bits per heavy atom. The van der Waals surface area contributed by atoms with Gasteiger partial charge in [0.2, 0.25) is 0 Å². The van der Waals surface area contributed by atoms with E-state index in [0.29, 0.717) is 0 Å². The van der Waals surface area contributed by atoms with Crippen molar-refractivity contribution in [1.82, 2.24) is 9.55 Å². The van der Waals surface area contributed by atoms with Gasteiger partial charge in [0.25, 0.3) is 5.56 Å². The maximum Gasteiger partial charge on any atom is 0.251 e. The molecular weight excluding hydrogens is 279 g/mol. The molecule has 0 bridgehead atoms. The minimum atomic E-state index is -0.588. The molecule has 0 aliphatic carbocycles. The molecule has 0 saturated heterocycles. The highest BCUT2D eigenvalue weighted by Gasteiger charge is 2.21. The zero-order valence-electron chi connectivity index (χ0n) is 12.1. The second-order valence-corrected chi connectivity index (χ2v) is 5.13. The van der Waals surface area contributed by atoms with E-state index in [4.69, 9.17) is 0 Å². The Morgan fingerprint density at radius 3 is 2.50 bits per heavy atom. The van der Waals surface area contributed by atoms with E-state index in [1.807, 2.05) is 31.2 Å². The van der Waals surface area contributed by atoms with Crippen molar-refractivity contribution in [2.45, 2.75) is 13.0 Å². The van der Waals surface area contributed by atoms with Gasteiger partial charge in [-0.1, -0.05) is 35.9 Å². The van der Waals surface area contributed by atoms with Crippen LogP contribution in [0.5, 0.6) is 0 Å². The van der Waals surface area contributed by atoms with Gasteiger partial charge in [-0.3, -0.25) is 9.78 Å². The normalized spacial score (nSPS) is 12.1. The van der Waals surface area contributed by atoms with E-state index in [2.05, 4.69) is 4.98 Å². The van der Waals surface area contributed by atoms with Crippen LogP contribution in [0.4, 0.5) is 4.39 Å². The van der Waals surface area contributed by atoms with Gasteiger partial charge >= 0.3 is 0 Å². The molecule has 0 aliphatic heterocycles. The topological polar surface area (TPSA) is 34.9 Å². The highest BCUT2D eigenvalue weighted by molar-refractivity contribution is 5.32. The zero-order chi connectivity index (χ0) is 15.5.